The molecule has 0 spiro atoms. The molecule has 1 unspecified atom stereocenters. The number of hydrogen-bond acceptors (Lipinski definition) is 4. The molecule has 0 saturated carbocycles. The van der Waals surface area contributed by atoms with Gasteiger partial charge in [0.25, 0.3) is 5.91 Å². The third-order valence-corrected chi connectivity index (χ3v) is 3.74. The van der Waals surface area contributed by atoms with E-state index >= 15 is 0 Å². The van der Waals surface area contributed by atoms with Crippen LogP contribution >= 0.6 is 0 Å². The van der Waals surface area contributed by atoms with Gasteiger partial charge >= 0.3 is 6.18 Å². The lowest BCUT2D eigenvalue weighted by molar-refractivity contribution is -0.0816. The molecule has 2 aromatic rings. The topological polar surface area (TPSA) is 65.8 Å². The van der Waals surface area contributed by atoms with Gasteiger partial charge in [0.15, 0.2) is 5.72 Å². The molecule has 25 heavy (non-hydrogen) atoms. The van der Waals surface area contributed by atoms with Gasteiger partial charge in [-0.1, -0.05) is 12.1 Å². The summed E-state index contributed by atoms with van der Waals surface area (Å²) in [6.45, 7) is 0. The minimum Gasteiger partial charge on any atom is -0.365 e. The second-order valence-corrected chi connectivity index (χ2v) is 5.40. The van der Waals surface area contributed by atoms with E-state index in [-0.39, 0.29) is 11.1 Å². The van der Waals surface area contributed by atoms with Crippen molar-refractivity contribution < 1.29 is 27.5 Å². The van der Waals surface area contributed by atoms with Crippen LogP contribution < -0.4 is 0 Å². The Bertz CT molecular complexity index is 822. The van der Waals surface area contributed by atoms with Crippen LogP contribution in [0.5, 0.6) is 0 Å². The highest BCUT2D eigenvalue weighted by Crippen LogP contribution is 2.40. The van der Waals surface area contributed by atoms with E-state index in [9.17, 15) is 27.5 Å². The van der Waals surface area contributed by atoms with E-state index in [1.165, 1.54) is 24.5 Å². The standard InChI is InChI=1S/C16H11F4N3O2/c17-12-3-1-11(2-4-12)15(25)9-13(16(18,19)20)22-23(15)14(24)10-5-7-21-8-6-10/h1-8,25H,9H2. The van der Waals surface area contributed by atoms with Crippen molar-refractivity contribution in [3.05, 3.63) is 65.7 Å². The van der Waals surface area contributed by atoms with Crippen molar-refractivity contribution in [1.82, 2.24) is 9.99 Å². The van der Waals surface area contributed by atoms with E-state index in [2.05, 4.69) is 10.1 Å². The number of halogens is 4. The number of aliphatic hydroxyl groups is 1. The third-order valence-electron chi connectivity index (χ3n) is 3.74. The lowest BCUT2D eigenvalue weighted by Gasteiger charge is -2.31. The fraction of sp³-hybridized carbons (Fsp3) is 0.188. The van der Waals surface area contributed by atoms with Gasteiger partial charge in [-0.15, -0.1) is 0 Å². The third kappa shape index (κ3) is 3.10. The molecule has 130 valence electrons. The molecule has 1 aromatic carbocycles. The molecule has 1 aliphatic heterocycles. The SMILES string of the molecule is O=C(c1ccncc1)N1N=C(C(F)(F)F)CC1(O)c1ccc(F)cc1. The number of carbonyl (C=O) groups excluding carboxylic acids is 1. The molecule has 0 fully saturated rings. The van der Waals surface area contributed by atoms with Crippen molar-refractivity contribution in [3.8, 4) is 0 Å². The summed E-state index contributed by atoms with van der Waals surface area (Å²) < 4.78 is 52.3. The number of carbonyl (C=O) groups is 1. The fourth-order valence-electron chi connectivity index (χ4n) is 2.48. The van der Waals surface area contributed by atoms with Gasteiger partial charge in [0.2, 0.25) is 0 Å². The maximum absolute atomic E-state index is 13.1. The van der Waals surface area contributed by atoms with Crippen LogP contribution in [0, 0.1) is 5.82 Å². The first-order valence-electron chi connectivity index (χ1n) is 7.09. The quantitative estimate of drug-likeness (QED) is 0.845. The molecule has 1 atom stereocenters. The van der Waals surface area contributed by atoms with Gasteiger partial charge in [0, 0.05) is 23.5 Å². The van der Waals surface area contributed by atoms with E-state index in [1.807, 2.05) is 0 Å². The van der Waals surface area contributed by atoms with Crippen LogP contribution in [0.3, 0.4) is 0 Å². The average molecular weight is 353 g/mol. The van der Waals surface area contributed by atoms with Crippen molar-refractivity contribution in [2.75, 3.05) is 0 Å². The molecule has 5 nitrogen and oxygen atoms in total. The Balaban J connectivity index is 2.07. The maximum atomic E-state index is 13.1. The Morgan fingerprint density at radius 3 is 2.28 bits per heavy atom. The van der Waals surface area contributed by atoms with E-state index in [0.29, 0.717) is 5.01 Å². The van der Waals surface area contributed by atoms with Crippen molar-refractivity contribution in [3.63, 3.8) is 0 Å². The van der Waals surface area contributed by atoms with Crippen LogP contribution in [0.1, 0.15) is 22.3 Å². The van der Waals surface area contributed by atoms with E-state index < -0.39 is 35.8 Å². The molecule has 3 rings (SSSR count). The van der Waals surface area contributed by atoms with Crippen LogP contribution in [-0.2, 0) is 5.72 Å². The number of rotatable bonds is 2. The predicted molar refractivity (Wildman–Crippen MR) is 78.8 cm³/mol. The number of pyridine rings is 1. The van der Waals surface area contributed by atoms with Crippen LogP contribution in [0.2, 0.25) is 0 Å². The highest BCUT2D eigenvalue weighted by Gasteiger charge is 2.53. The fourth-order valence-corrected chi connectivity index (χ4v) is 2.48. The minimum absolute atomic E-state index is 0.00251. The lowest BCUT2D eigenvalue weighted by atomic mass is 9.96. The monoisotopic (exact) mass is 353 g/mol. The van der Waals surface area contributed by atoms with E-state index in [0.717, 1.165) is 24.3 Å². The van der Waals surface area contributed by atoms with E-state index in [4.69, 9.17) is 0 Å². The zero-order chi connectivity index (χ0) is 18.2. The Morgan fingerprint density at radius 2 is 1.72 bits per heavy atom. The molecule has 9 heteroatoms. The second-order valence-electron chi connectivity index (χ2n) is 5.40. The van der Waals surface area contributed by atoms with Gasteiger partial charge in [-0.25, -0.2) is 4.39 Å². The van der Waals surface area contributed by atoms with Gasteiger partial charge in [0.1, 0.15) is 11.5 Å². The van der Waals surface area contributed by atoms with Gasteiger partial charge in [-0.3, -0.25) is 9.78 Å². The summed E-state index contributed by atoms with van der Waals surface area (Å²) in [5, 5.41) is 14.5. The number of hydrogen-bond donors (Lipinski definition) is 1. The van der Waals surface area contributed by atoms with Crippen LogP contribution in [0.15, 0.2) is 53.9 Å². The summed E-state index contributed by atoms with van der Waals surface area (Å²) in [5.41, 5.74) is -3.76. The molecule has 1 N–H and O–H groups in total. The minimum atomic E-state index is -4.82. The molecule has 1 aromatic heterocycles. The summed E-state index contributed by atoms with van der Waals surface area (Å²) in [6, 6.07) is 6.75. The summed E-state index contributed by atoms with van der Waals surface area (Å²) >= 11 is 0. The summed E-state index contributed by atoms with van der Waals surface area (Å²) in [6.07, 6.45) is -3.20. The highest BCUT2D eigenvalue weighted by molar-refractivity contribution is 5.99. The van der Waals surface area contributed by atoms with Gasteiger partial charge < -0.3 is 5.11 Å². The molecule has 1 amide bonds. The molecular formula is C16H11F4N3O2. The first-order chi connectivity index (χ1) is 11.7. The summed E-state index contributed by atoms with van der Waals surface area (Å²) in [4.78, 5) is 16.3. The zero-order valence-corrected chi connectivity index (χ0v) is 12.5. The van der Waals surface area contributed by atoms with Crippen LogP contribution in [-0.4, -0.2) is 32.9 Å². The van der Waals surface area contributed by atoms with Crippen molar-refractivity contribution in [1.29, 1.82) is 0 Å². The van der Waals surface area contributed by atoms with Gasteiger partial charge in [0.05, 0.1) is 6.42 Å². The largest absolute Gasteiger partial charge is 0.431 e. The molecule has 0 saturated heterocycles. The number of nitrogens with zero attached hydrogens (tertiary/aromatic N) is 3. The van der Waals surface area contributed by atoms with Gasteiger partial charge in [-0.05, 0) is 24.3 Å². The first kappa shape index (κ1) is 17.0. The number of aromatic nitrogens is 1. The Hall–Kier alpha value is -2.81. The highest BCUT2D eigenvalue weighted by atomic mass is 19.4. The van der Waals surface area contributed by atoms with Crippen molar-refractivity contribution >= 4 is 11.6 Å². The van der Waals surface area contributed by atoms with Crippen LogP contribution in [0.25, 0.3) is 0 Å². The molecular weight excluding hydrogens is 342 g/mol. The predicted octanol–water partition coefficient (Wildman–Crippen LogP) is 2.83. The average Bonchev–Trinajstić information content (AvgIpc) is 2.94. The molecule has 0 radical (unpaired) electrons. The lowest BCUT2D eigenvalue weighted by Crippen LogP contribution is -2.43. The normalized spacial score (nSPS) is 20.5. The number of benzene rings is 1. The number of alkyl halides is 3. The molecule has 1 aliphatic rings. The smallest absolute Gasteiger partial charge is 0.365 e. The Labute approximate surface area is 139 Å². The Morgan fingerprint density at radius 1 is 1.12 bits per heavy atom. The van der Waals surface area contributed by atoms with Crippen molar-refractivity contribution in [2.24, 2.45) is 5.10 Å². The number of amides is 1. The second kappa shape index (κ2) is 5.92. The zero-order valence-electron chi connectivity index (χ0n) is 12.5. The van der Waals surface area contributed by atoms with Crippen molar-refractivity contribution in [2.45, 2.75) is 18.3 Å². The van der Waals surface area contributed by atoms with Crippen LogP contribution in [0.4, 0.5) is 17.6 Å². The number of hydrazone groups is 1. The molecule has 0 aliphatic carbocycles. The molecule has 0 bridgehead atoms. The maximum Gasteiger partial charge on any atom is 0.431 e. The van der Waals surface area contributed by atoms with Gasteiger partial charge in [-0.2, -0.15) is 23.3 Å². The first-order valence-corrected chi connectivity index (χ1v) is 7.09. The summed E-state index contributed by atoms with van der Waals surface area (Å²) in [7, 11) is 0. The Kier molecular flexibility index (Phi) is 4.03. The summed E-state index contributed by atoms with van der Waals surface area (Å²) in [5.74, 6) is -1.57. The molecule has 2 heterocycles. The van der Waals surface area contributed by atoms with E-state index in [1.54, 1.807) is 0 Å².